The van der Waals surface area contributed by atoms with Crippen LogP contribution in [0.25, 0.3) is 22.3 Å². The van der Waals surface area contributed by atoms with Gasteiger partial charge in [-0.15, -0.1) is 0 Å². The number of primary amides is 1. The van der Waals surface area contributed by atoms with E-state index in [1.807, 2.05) is 30.3 Å². The summed E-state index contributed by atoms with van der Waals surface area (Å²) < 4.78 is 45.9. The molecule has 8 nitrogen and oxygen atoms in total. The van der Waals surface area contributed by atoms with E-state index in [1.165, 1.54) is 6.07 Å². The summed E-state index contributed by atoms with van der Waals surface area (Å²) in [4.78, 5) is 12.8. The van der Waals surface area contributed by atoms with E-state index < -0.39 is 34.3 Å². The van der Waals surface area contributed by atoms with Gasteiger partial charge in [-0.25, -0.2) is 8.78 Å². The third-order valence-electron chi connectivity index (χ3n) is 8.27. The van der Waals surface area contributed by atoms with Crippen LogP contribution in [-0.4, -0.2) is 33.4 Å². The van der Waals surface area contributed by atoms with Crippen molar-refractivity contribution in [3.8, 4) is 33.8 Å². The van der Waals surface area contributed by atoms with Crippen LogP contribution < -0.4 is 20.5 Å². The summed E-state index contributed by atoms with van der Waals surface area (Å²) in [5.74, 6) is -2.98. The number of aliphatic hydroxyl groups is 1. The molecule has 0 unspecified atom stereocenters. The van der Waals surface area contributed by atoms with Crippen LogP contribution in [0.1, 0.15) is 46.1 Å². The lowest BCUT2D eigenvalue weighted by Gasteiger charge is -2.38. The van der Waals surface area contributed by atoms with Crippen molar-refractivity contribution in [2.75, 3.05) is 6.54 Å². The number of carbonyl (C=O) groups excluding carboxylic acids is 1. The molecule has 210 valence electrons. The summed E-state index contributed by atoms with van der Waals surface area (Å²) in [6.45, 7) is 0.688. The second-order valence-electron chi connectivity index (χ2n) is 10.6. The summed E-state index contributed by atoms with van der Waals surface area (Å²) in [5.41, 5.74) is 5.73. The average Bonchev–Trinajstić information content (AvgIpc) is 3.69. The van der Waals surface area contributed by atoms with Gasteiger partial charge < -0.3 is 25.6 Å². The fraction of sp³-hybridized carbons (Fsp3) is 0.267. The first-order valence-electron chi connectivity index (χ1n) is 13.2. The first-order chi connectivity index (χ1) is 19.7. The Morgan fingerprint density at radius 2 is 2.00 bits per heavy atom. The number of aliphatic hydroxyl groups excluding tert-OH is 1. The smallest absolute Gasteiger partial charge is 0.249 e. The number of nitrogens with zero attached hydrogens (tertiary/aromatic N) is 2. The number of ether oxygens (including phenoxy) is 2. The number of hydrogen-bond donors (Lipinski definition) is 3. The van der Waals surface area contributed by atoms with Crippen LogP contribution in [0.3, 0.4) is 0 Å². The van der Waals surface area contributed by atoms with Gasteiger partial charge in [-0.1, -0.05) is 41.9 Å². The molecule has 3 aromatic carbocycles. The zero-order chi connectivity index (χ0) is 28.6. The highest BCUT2D eigenvalue weighted by Gasteiger charge is 2.57. The molecule has 41 heavy (non-hydrogen) atoms. The van der Waals surface area contributed by atoms with Gasteiger partial charge in [0.2, 0.25) is 5.91 Å². The van der Waals surface area contributed by atoms with E-state index in [0.717, 1.165) is 12.5 Å². The van der Waals surface area contributed by atoms with E-state index in [-0.39, 0.29) is 52.0 Å². The van der Waals surface area contributed by atoms with Crippen LogP contribution in [0.2, 0.25) is 5.02 Å². The Bertz CT molecular complexity index is 1740. The highest BCUT2D eigenvalue weighted by molar-refractivity contribution is 6.34. The number of carbonyl (C=O) groups is 1. The lowest BCUT2D eigenvalue weighted by Crippen LogP contribution is -2.51. The van der Waals surface area contributed by atoms with Gasteiger partial charge in [-0.2, -0.15) is 5.10 Å². The number of nitrogens with one attached hydrogen (secondary N) is 1. The quantitative estimate of drug-likeness (QED) is 0.322. The summed E-state index contributed by atoms with van der Waals surface area (Å²) in [6.07, 6.45) is 1.79. The Morgan fingerprint density at radius 3 is 2.71 bits per heavy atom. The van der Waals surface area contributed by atoms with Crippen LogP contribution in [0, 0.1) is 11.6 Å². The molecule has 7 rings (SSSR count). The van der Waals surface area contributed by atoms with Gasteiger partial charge >= 0.3 is 0 Å². The molecule has 4 heterocycles. The molecule has 11 heteroatoms. The highest BCUT2D eigenvalue weighted by atomic mass is 35.5. The van der Waals surface area contributed by atoms with Crippen molar-refractivity contribution in [3.05, 3.63) is 87.7 Å². The monoisotopic (exact) mass is 578 g/mol. The summed E-state index contributed by atoms with van der Waals surface area (Å²) in [6, 6.07) is 11.2. The number of amides is 1. The van der Waals surface area contributed by atoms with E-state index in [0.29, 0.717) is 29.8 Å². The van der Waals surface area contributed by atoms with E-state index in [2.05, 4.69) is 10.4 Å². The van der Waals surface area contributed by atoms with Crippen molar-refractivity contribution in [2.24, 2.45) is 12.8 Å². The molecule has 1 saturated heterocycles. The number of halogens is 3. The summed E-state index contributed by atoms with van der Waals surface area (Å²) in [5, 5.41) is 19.4. The van der Waals surface area contributed by atoms with Crippen molar-refractivity contribution in [2.45, 2.75) is 37.2 Å². The molecule has 3 atom stereocenters. The molecule has 4 aromatic rings. The molecular formula is C30H25ClF2N4O4. The van der Waals surface area contributed by atoms with Gasteiger partial charge in [0.25, 0.3) is 0 Å². The standard InChI is InChI=1S/C30H25ClF2N4O4/c1-37-12-17-15-10-16(29(34)39)22(26(33)27(15)40-13-19(17)36-37)24-23-20(11-18(32)25(24)31)41-30(28(23)38,21-8-5-9-35-21)14-6-3-2-4-7-14/h2-4,6-7,10-12,21,28,35,38H,5,8-9,13H2,1H3,(H2,34,39)/t21-,28-,30-/m0/s1. The number of aromatic nitrogens is 2. The fourth-order valence-electron chi connectivity index (χ4n) is 6.52. The lowest BCUT2D eigenvalue weighted by atomic mass is 9.77. The minimum absolute atomic E-state index is 0.00467. The number of nitrogens with two attached hydrogens (primary N) is 1. The van der Waals surface area contributed by atoms with E-state index in [4.69, 9.17) is 26.8 Å². The molecule has 0 spiro atoms. The third kappa shape index (κ3) is 3.64. The van der Waals surface area contributed by atoms with Crippen LogP contribution >= 0.6 is 11.6 Å². The Hall–Kier alpha value is -3.99. The fourth-order valence-corrected chi connectivity index (χ4v) is 6.77. The second kappa shape index (κ2) is 9.27. The van der Waals surface area contributed by atoms with Crippen LogP contribution in [0.15, 0.2) is 48.7 Å². The molecule has 3 aliphatic heterocycles. The second-order valence-corrected chi connectivity index (χ2v) is 11.0. The predicted octanol–water partition coefficient (Wildman–Crippen LogP) is 4.75. The molecule has 4 N–H and O–H groups in total. The largest absolute Gasteiger partial charge is 0.483 e. The van der Waals surface area contributed by atoms with E-state index >= 15 is 8.78 Å². The van der Waals surface area contributed by atoms with Crippen molar-refractivity contribution in [1.82, 2.24) is 15.1 Å². The van der Waals surface area contributed by atoms with Gasteiger partial charge in [-0.05, 0) is 31.0 Å². The normalized spacial score (nSPS) is 22.5. The third-order valence-corrected chi connectivity index (χ3v) is 8.64. The van der Waals surface area contributed by atoms with Crippen LogP contribution in [0.4, 0.5) is 8.78 Å². The number of benzene rings is 3. The summed E-state index contributed by atoms with van der Waals surface area (Å²) in [7, 11) is 1.72. The van der Waals surface area contributed by atoms with Crippen LogP contribution in [-0.2, 0) is 19.3 Å². The minimum atomic E-state index is -1.41. The number of rotatable bonds is 4. The van der Waals surface area contributed by atoms with Gasteiger partial charge in [0.05, 0.1) is 16.6 Å². The lowest BCUT2D eigenvalue weighted by molar-refractivity contribution is -0.0566. The predicted molar refractivity (Wildman–Crippen MR) is 147 cm³/mol. The number of hydrogen-bond acceptors (Lipinski definition) is 6. The maximum Gasteiger partial charge on any atom is 0.249 e. The zero-order valence-corrected chi connectivity index (χ0v) is 22.6. The maximum atomic E-state index is 16.6. The van der Waals surface area contributed by atoms with Crippen molar-refractivity contribution in [1.29, 1.82) is 0 Å². The molecule has 3 aliphatic rings. The topological polar surface area (TPSA) is 112 Å². The summed E-state index contributed by atoms with van der Waals surface area (Å²) >= 11 is 6.56. The zero-order valence-electron chi connectivity index (χ0n) is 21.9. The molecule has 0 bridgehead atoms. The first-order valence-corrected chi connectivity index (χ1v) is 13.6. The van der Waals surface area contributed by atoms with Gasteiger partial charge in [0, 0.05) is 47.1 Å². The van der Waals surface area contributed by atoms with Gasteiger partial charge in [-0.3, -0.25) is 9.48 Å². The van der Waals surface area contributed by atoms with Gasteiger partial charge in [0.1, 0.15) is 30.0 Å². The number of fused-ring (bicyclic) bond motifs is 4. The molecule has 1 amide bonds. The van der Waals surface area contributed by atoms with E-state index in [1.54, 1.807) is 17.9 Å². The van der Waals surface area contributed by atoms with Crippen molar-refractivity contribution >= 4 is 17.5 Å². The van der Waals surface area contributed by atoms with Crippen LogP contribution in [0.5, 0.6) is 11.5 Å². The van der Waals surface area contributed by atoms with E-state index in [9.17, 15) is 9.90 Å². The molecule has 0 radical (unpaired) electrons. The Morgan fingerprint density at radius 1 is 1.22 bits per heavy atom. The SMILES string of the molecule is Cn1cc2c(n1)COc1c-2cc(C(N)=O)c(-c2c(Cl)c(F)cc3c2[C@H](O)[C@](c2ccccc2)([C@@H]2CCCN2)O3)c1F. The molecule has 1 aromatic heterocycles. The van der Waals surface area contributed by atoms with Gasteiger partial charge in [0.15, 0.2) is 17.2 Å². The highest BCUT2D eigenvalue weighted by Crippen LogP contribution is 2.58. The maximum absolute atomic E-state index is 16.6. The Labute approximate surface area is 238 Å². The average molecular weight is 579 g/mol. The molecule has 1 fully saturated rings. The minimum Gasteiger partial charge on any atom is -0.483 e. The first kappa shape index (κ1) is 25.9. The Kier molecular flexibility index (Phi) is 5.86. The number of aryl methyl sites for hydroxylation is 1. The molecule has 0 saturated carbocycles. The van der Waals surface area contributed by atoms with Crippen molar-refractivity contribution in [3.63, 3.8) is 0 Å². The van der Waals surface area contributed by atoms with Crippen molar-refractivity contribution < 1.29 is 28.2 Å². The Balaban J connectivity index is 1.51. The molecular weight excluding hydrogens is 554 g/mol. The molecule has 0 aliphatic carbocycles.